The third-order valence-electron chi connectivity index (χ3n) is 18.9. The van der Waals surface area contributed by atoms with E-state index in [1.54, 1.807) is 6.08 Å². The number of unbranched alkanes of at least 4 members (excludes halogenated alkanes) is 32. The third-order valence-corrected chi connectivity index (χ3v) is 18.9. The summed E-state index contributed by atoms with van der Waals surface area (Å²) in [4.78, 5) is 13.4. The topological polar surface area (TPSA) is 307 Å². The molecule has 3 aliphatic heterocycles. The van der Waals surface area contributed by atoms with E-state index < -0.39 is 124 Å². The fourth-order valence-electron chi connectivity index (χ4n) is 12.7. The fraction of sp³-hybridized carbons (Fsp3) is 0.810. The van der Waals surface area contributed by atoms with Crippen LogP contribution in [-0.4, -0.2) is 193 Å². The normalized spacial score (nSPS) is 27.2. The molecule has 19 nitrogen and oxygen atoms in total. The van der Waals surface area contributed by atoms with Crippen molar-refractivity contribution in [3.05, 3.63) is 85.1 Å². The Morgan fingerprint density at radius 3 is 1.14 bits per heavy atom. The number of rotatable bonds is 60. The molecular weight excluding hydrogens is 1250 g/mol. The van der Waals surface area contributed by atoms with Crippen molar-refractivity contribution in [2.45, 2.75) is 381 Å². The maximum Gasteiger partial charge on any atom is 0.220 e. The molecule has 0 aromatic carbocycles. The van der Waals surface area contributed by atoms with Crippen LogP contribution in [0.25, 0.3) is 0 Å². The number of carbonyl (C=O) groups is 1. The zero-order chi connectivity index (χ0) is 71.1. The Morgan fingerprint density at radius 1 is 0.378 bits per heavy atom. The van der Waals surface area contributed by atoms with Crippen LogP contribution in [0.15, 0.2) is 85.1 Å². The van der Waals surface area contributed by atoms with Gasteiger partial charge in [0.1, 0.15) is 73.2 Å². The van der Waals surface area contributed by atoms with Crippen LogP contribution in [0.3, 0.4) is 0 Å². The maximum atomic E-state index is 13.4. The Labute approximate surface area is 590 Å². The van der Waals surface area contributed by atoms with Crippen molar-refractivity contribution in [2.75, 3.05) is 26.4 Å². The van der Waals surface area contributed by atoms with Crippen molar-refractivity contribution in [1.29, 1.82) is 0 Å². The van der Waals surface area contributed by atoms with Crippen molar-refractivity contribution in [3.8, 4) is 0 Å². The summed E-state index contributed by atoms with van der Waals surface area (Å²) in [7, 11) is 0. The van der Waals surface area contributed by atoms with Gasteiger partial charge in [-0.05, 0) is 77.0 Å². The summed E-state index contributed by atoms with van der Waals surface area (Å²) in [6.45, 7) is 1.60. The van der Waals surface area contributed by atoms with Gasteiger partial charge in [-0.15, -0.1) is 0 Å². The summed E-state index contributed by atoms with van der Waals surface area (Å²) in [5.41, 5.74) is 0. The van der Waals surface area contributed by atoms with E-state index in [2.05, 4.69) is 92.1 Å². The minimum atomic E-state index is -1.99. The van der Waals surface area contributed by atoms with Gasteiger partial charge in [0, 0.05) is 6.42 Å². The summed E-state index contributed by atoms with van der Waals surface area (Å²) in [6.07, 6.45) is 51.5. The molecule has 0 aromatic heterocycles. The van der Waals surface area contributed by atoms with E-state index in [0.717, 1.165) is 83.5 Å². The number of carbonyl (C=O) groups excluding carboxylic acids is 1. The molecule has 98 heavy (non-hydrogen) atoms. The molecule has 3 aliphatic rings. The molecule has 12 N–H and O–H groups in total. The molecule has 0 spiro atoms. The van der Waals surface area contributed by atoms with Crippen LogP contribution in [-0.2, 0) is 33.2 Å². The molecule has 3 rings (SSSR count). The van der Waals surface area contributed by atoms with E-state index in [0.29, 0.717) is 12.8 Å². The van der Waals surface area contributed by atoms with Crippen LogP contribution < -0.4 is 5.32 Å². The van der Waals surface area contributed by atoms with E-state index in [4.69, 9.17) is 28.4 Å². The molecule has 3 saturated heterocycles. The van der Waals surface area contributed by atoms with Crippen molar-refractivity contribution >= 4 is 5.91 Å². The largest absolute Gasteiger partial charge is 0.394 e. The number of ether oxygens (including phenoxy) is 6. The van der Waals surface area contributed by atoms with E-state index in [-0.39, 0.29) is 18.9 Å². The molecule has 0 radical (unpaired) electrons. The van der Waals surface area contributed by atoms with Gasteiger partial charge in [-0.2, -0.15) is 0 Å². The Kier molecular flexibility index (Phi) is 54.0. The van der Waals surface area contributed by atoms with Crippen LogP contribution in [0.5, 0.6) is 0 Å². The summed E-state index contributed by atoms with van der Waals surface area (Å²) in [5, 5.41) is 121. The highest BCUT2D eigenvalue weighted by atomic mass is 16.8. The van der Waals surface area contributed by atoms with Gasteiger partial charge >= 0.3 is 0 Å². The Morgan fingerprint density at radius 2 is 0.714 bits per heavy atom. The van der Waals surface area contributed by atoms with Gasteiger partial charge in [0.2, 0.25) is 5.91 Å². The van der Waals surface area contributed by atoms with Gasteiger partial charge in [-0.1, -0.05) is 279 Å². The molecule has 3 fully saturated rings. The monoisotopic (exact) mass is 1390 g/mol. The molecule has 3 heterocycles. The van der Waals surface area contributed by atoms with Crippen LogP contribution in [0.4, 0.5) is 0 Å². The van der Waals surface area contributed by atoms with E-state index in [1.165, 1.54) is 161 Å². The lowest BCUT2D eigenvalue weighted by atomic mass is 9.96. The zero-order valence-electron chi connectivity index (χ0n) is 60.5. The van der Waals surface area contributed by atoms with Gasteiger partial charge in [0.25, 0.3) is 0 Å². The first-order chi connectivity index (χ1) is 47.8. The lowest BCUT2D eigenvalue weighted by Crippen LogP contribution is -2.66. The van der Waals surface area contributed by atoms with Gasteiger partial charge in [-0.3, -0.25) is 4.79 Å². The first-order valence-electron chi connectivity index (χ1n) is 38.8. The van der Waals surface area contributed by atoms with Gasteiger partial charge in [0.15, 0.2) is 18.9 Å². The number of allylic oxidation sites excluding steroid dienone is 13. The second-order valence-electron chi connectivity index (χ2n) is 27.4. The number of amides is 1. The molecule has 0 aliphatic carbocycles. The van der Waals surface area contributed by atoms with Crippen LogP contribution in [0.2, 0.25) is 0 Å². The number of aliphatic hydroxyl groups is 11. The summed E-state index contributed by atoms with van der Waals surface area (Å²) in [6, 6.07) is -1.01. The summed E-state index contributed by atoms with van der Waals surface area (Å²) in [5.74, 6) is -0.305. The van der Waals surface area contributed by atoms with Crippen molar-refractivity contribution in [3.63, 3.8) is 0 Å². The van der Waals surface area contributed by atoms with E-state index in [1.807, 2.05) is 6.08 Å². The lowest BCUT2D eigenvalue weighted by molar-refractivity contribution is -0.379. The molecule has 0 saturated carbocycles. The number of aliphatic hydroxyl groups excluding tert-OH is 11. The second-order valence-corrected chi connectivity index (χ2v) is 27.4. The SMILES string of the molecule is CC/C=C\C/C=C\C/C=C\C/C=C\C/C=C\CCCCCCCC(=O)NC(COC1OC(CO)C(OC2OC(CO)C(OC3OC(CO)C(O)C(O)C3O)C(O)C2O)C(O)C1O)C(O)/C=C/CC/C=C/CCCCCCCCCCCCCCCCCCCCCCCCCCCC. The summed E-state index contributed by atoms with van der Waals surface area (Å²) >= 11 is 0. The predicted molar refractivity (Wildman–Crippen MR) is 388 cm³/mol. The Balaban J connectivity index is 1.40. The molecule has 1 amide bonds. The van der Waals surface area contributed by atoms with Crippen molar-refractivity contribution in [2.24, 2.45) is 0 Å². The highest BCUT2D eigenvalue weighted by Crippen LogP contribution is 2.33. The molecule has 17 atom stereocenters. The first kappa shape index (κ1) is 89.2. The van der Waals surface area contributed by atoms with Gasteiger partial charge in [-0.25, -0.2) is 0 Å². The number of hydrogen-bond donors (Lipinski definition) is 12. The molecule has 0 aromatic rings. The highest BCUT2D eigenvalue weighted by molar-refractivity contribution is 5.76. The first-order valence-corrected chi connectivity index (χ1v) is 38.8. The standard InChI is InChI=1S/C79H139NO18/c1-3-5-7-9-11-13-15-17-19-21-23-25-26-27-28-29-30-31-32-33-34-35-37-38-40-42-44-46-48-50-52-54-56-63(84)62(80-67(85)57-55-53-51-49-47-45-43-41-39-36-24-22-20-18-16-14-12-10-8-6-4-2)61-93-77-73(91)70(88)75(65(59-82)95-77)98-79-74(92)71(89)76(66(60-83)96-79)97-78-72(90)69(87)68(86)64(58-81)94-78/h6,8,12,14,18,20,24,36,41,43,46,48,54,56,62-66,68-79,81-84,86-92H,3-5,7,9-11,13,15-17,19,21-23,25-35,37-40,42,44-45,47,49-53,55,57-61H2,1-2H3,(H,80,85)/b8-6-,14-12-,20-18-,36-24-,43-41-,48-46+,56-54+. The third kappa shape index (κ3) is 39.6. The van der Waals surface area contributed by atoms with Gasteiger partial charge in [0.05, 0.1) is 38.6 Å². The fourth-order valence-corrected chi connectivity index (χ4v) is 12.7. The number of hydrogen-bond acceptors (Lipinski definition) is 18. The minimum Gasteiger partial charge on any atom is -0.394 e. The maximum absolute atomic E-state index is 13.4. The van der Waals surface area contributed by atoms with Crippen LogP contribution >= 0.6 is 0 Å². The minimum absolute atomic E-state index is 0.209. The Hall–Kier alpha value is -3.03. The predicted octanol–water partition coefficient (Wildman–Crippen LogP) is 12.2. The number of nitrogens with one attached hydrogen (secondary N) is 1. The van der Waals surface area contributed by atoms with E-state index in [9.17, 15) is 61.0 Å². The van der Waals surface area contributed by atoms with Crippen LogP contribution in [0, 0.1) is 0 Å². The van der Waals surface area contributed by atoms with E-state index >= 15 is 0 Å². The van der Waals surface area contributed by atoms with Gasteiger partial charge < -0.3 is 89.9 Å². The quantitative estimate of drug-likeness (QED) is 0.0199. The Bertz CT molecular complexity index is 2100. The highest BCUT2D eigenvalue weighted by Gasteiger charge is 2.53. The van der Waals surface area contributed by atoms with Crippen molar-refractivity contribution in [1.82, 2.24) is 5.32 Å². The summed E-state index contributed by atoms with van der Waals surface area (Å²) < 4.78 is 34.4. The average molecular weight is 1390 g/mol. The smallest absolute Gasteiger partial charge is 0.220 e. The average Bonchev–Trinajstić information content (AvgIpc) is 0.784. The van der Waals surface area contributed by atoms with Crippen LogP contribution in [0.1, 0.15) is 277 Å². The molecule has 19 heteroatoms. The zero-order valence-corrected chi connectivity index (χ0v) is 60.5. The second kappa shape index (κ2) is 59.4. The van der Waals surface area contributed by atoms with Crippen molar-refractivity contribution < 1.29 is 89.4 Å². The lowest BCUT2D eigenvalue weighted by Gasteiger charge is -2.48. The molecule has 17 unspecified atom stereocenters. The molecule has 568 valence electrons. The molecule has 0 bridgehead atoms. The molecular formula is C79H139NO18.